The van der Waals surface area contributed by atoms with Crippen molar-refractivity contribution in [2.75, 3.05) is 0 Å². The smallest absolute Gasteiger partial charge is 0.126 e. The van der Waals surface area contributed by atoms with Crippen molar-refractivity contribution in [3.05, 3.63) is 65.0 Å². The van der Waals surface area contributed by atoms with Crippen LogP contribution in [-0.2, 0) is 0 Å². The van der Waals surface area contributed by atoms with Crippen molar-refractivity contribution in [1.82, 2.24) is 0 Å². The number of benzene rings is 2. The minimum absolute atomic E-state index is 0.200. The van der Waals surface area contributed by atoms with Crippen LogP contribution in [0.25, 0.3) is 0 Å². The molecule has 0 amide bonds. The molecule has 1 aliphatic rings. The number of ether oxygens (including phenoxy) is 1. The zero-order chi connectivity index (χ0) is 14.1. The van der Waals surface area contributed by atoms with Crippen molar-refractivity contribution in [2.24, 2.45) is 5.73 Å². The van der Waals surface area contributed by atoms with E-state index in [1.54, 1.807) is 19.1 Å². The molecule has 3 heteroatoms. The Hall–Kier alpha value is -1.87. The Morgan fingerprint density at radius 3 is 2.35 bits per heavy atom. The maximum Gasteiger partial charge on any atom is 0.126 e. The summed E-state index contributed by atoms with van der Waals surface area (Å²) < 4.78 is 19.0. The van der Waals surface area contributed by atoms with Crippen molar-refractivity contribution in [2.45, 2.75) is 31.9 Å². The highest BCUT2D eigenvalue weighted by atomic mass is 19.1. The second-order valence-electron chi connectivity index (χ2n) is 5.37. The van der Waals surface area contributed by atoms with Crippen LogP contribution in [0.15, 0.2) is 42.5 Å². The number of rotatable bonds is 4. The van der Waals surface area contributed by atoms with E-state index in [9.17, 15) is 4.39 Å². The van der Waals surface area contributed by atoms with Crippen LogP contribution < -0.4 is 10.5 Å². The van der Waals surface area contributed by atoms with Gasteiger partial charge in [-0.3, -0.25) is 0 Å². The fourth-order valence-electron chi connectivity index (χ4n) is 2.19. The quantitative estimate of drug-likeness (QED) is 0.919. The predicted octanol–water partition coefficient (Wildman–Crippen LogP) is 3.72. The van der Waals surface area contributed by atoms with Crippen molar-refractivity contribution >= 4 is 0 Å². The highest BCUT2D eigenvalue weighted by Crippen LogP contribution is 2.28. The van der Waals surface area contributed by atoms with Crippen molar-refractivity contribution < 1.29 is 9.13 Å². The van der Waals surface area contributed by atoms with E-state index in [0.717, 1.165) is 29.7 Å². The zero-order valence-corrected chi connectivity index (χ0v) is 11.5. The van der Waals surface area contributed by atoms with Gasteiger partial charge < -0.3 is 10.5 Å². The van der Waals surface area contributed by atoms with E-state index in [1.165, 1.54) is 6.07 Å². The summed E-state index contributed by atoms with van der Waals surface area (Å²) in [6.45, 7) is 1.75. The van der Waals surface area contributed by atoms with Gasteiger partial charge in [-0.25, -0.2) is 4.39 Å². The van der Waals surface area contributed by atoms with E-state index in [-0.39, 0.29) is 11.9 Å². The Labute approximate surface area is 118 Å². The minimum Gasteiger partial charge on any atom is -0.490 e. The molecular weight excluding hydrogens is 253 g/mol. The molecule has 1 aliphatic carbocycles. The molecule has 0 heterocycles. The topological polar surface area (TPSA) is 35.2 Å². The zero-order valence-electron chi connectivity index (χ0n) is 11.5. The average Bonchev–Trinajstić information content (AvgIpc) is 3.26. The second-order valence-corrected chi connectivity index (χ2v) is 5.37. The van der Waals surface area contributed by atoms with Crippen LogP contribution in [0.1, 0.15) is 35.6 Å². The van der Waals surface area contributed by atoms with Gasteiger partial charge >= 0.3 is 0 Å². The summed E-state index contributed by atoms with van der Waals surface area (Å²) in [6, 6.07) is 12.6. The Morgan fingerprint density at radius 2 is 1.75 bits per heavy atom. The summed E-state index contributed by atoms with van der Waals surface area (Å²) in [5.41, 5.74) is 8.77. The van der Waals surface area contributed by atoms with Crippen LogP contribution in [0, 0.1) is 12.7 Å². The molecule has 2 N–H and O–H groups in total. The number of halogens is 1. The first-order valence-electron chi connectivity index (χ1n) is 6.92. The summed E-state index contributed by atoms with van der Waals surface area (Å²) in [6.07, 6.45) is 2.70. The lowest BCUT2D eigenvalue weighted by molar-refractivity contribution is 0.303. The van der Waals surface area contributed by atoms with Crippen LogP contribution in [0.2, 0.25) is 0 Å². The van der Waals surface area contributed by atoms with Crippen molar-refractivity contribution in [3.8, 4) is 5.75 Å². The molecular formula is C17H18FNO. The summed E-state index contributed by atoms with van der Waals surface area (Å²) in [7, 11) is 0. The summed E-state index contributed by atoms with van der Waals surface area (Å²) in [4.78, 5) is 0. The lowest BCUT2D eigenvalue weighted by Crippen LogP contribution is -2.12. The molecule has 1 saturated carbocycles. The molecule has 0 radical (unpaired) electrons. The fourth-order valence-corrected chi connectivity index (χ4v) is 2.19. The predicted molar refractivity (Wildman–Crippen MR) is 77.3 cm³/mol. The number of aryl methyl sites for hydroxylation is 1. The first kappa shape index (κ1) is 13.1. The molecule has 0 aromatic heterocycles. The molecule has 1 fully saturated rings. The molecule has 0 aliphatic heterocycles. The monoisotopic (exact) mass is 271 g/mol. The van der Waals surface area contributed by atoms with Gasteiger partial charge in [-0.2, -0.15) is 0 Å². The van der Waals surface area contributed by atoms with Crippen LogP contribution >= 0.6 is 0 Å². The molecule has 1 atom stereocenters. The van der Waals surface area contributed by atoms with Crippen LogP contribution in [-0.4, -0.2) is 6.10 Å². The standard InChI is InChI=1S/C17H18FNO/c1-11-10-13(4-9-16(11)18)17(19)12-2-5-14(6-3-12)20-15-7-8-15/h2-6,9-10,15,17H,7-8,19H2,1H3. The van der Waals surface area contributed by atoms with Gasteiger partial charge in [-0.15, -0.1) is 0 Å². The molecule has 1 unspecified atom stereocenters. The molecule has 2 aromatic rings. The minimum atomic E-state index is -0.246. The normalized spacial score (nSPS) is 15.9. The van der Waals surface area contributed by atoms with Crippen molar-refractivity contribution in [3.63, 3.8) is 0 Å². The molecule has 3 rings (SSSR count). The van der Waals surface area contributed by atoms with Crippen LogP contribution in [0.4, 0.5) is 4.39 Å². The number of hydrogen-bond acceptors (Lipinski definition) is 2. The third-order valence-corrected chi connectivity index (χ3v) is 3.61. The fraction of sp³-hybridized carbons (Fsp3) is 0.294. The van der Waals surface area contributed by atoms with Crippen LogP contribution in [0.5, 0.6) is 5.75 Å². The maximum atomic E-state index is 13.3. The van der Waals surface area contributed by atoms with Gasteiger partial charge in [0, 0.05) is 0 Å². The van der Waals surface area contributed by atoms with Gasteiger partial charge in [0.05, 0.1) is 12.1 Å². The number of nitrogens with two attached hydrogens (primary N) is 1. The lowest BCUT2D eigenvalue weighted by Gasteiger charge is -2.14. The van der Waals surface area contributed by atoms with Gasteiger partial charge in [0.2, 0.25) is 0 Å². The summed E-state index contributed by atoms with van der Waals surface area (Å²) >= 11 is 0. The Balaban J connectivity index is 1.78. The molecule has 104 valence electrons. The Bertz CT molecular complexity index is 605. The molecule has 2 nitrogen and oxygen atoms in total. The van der Waals surface area contributed by atoms with Crippen molar-refractivity contribution in [1.29, 1.82) is 0 Å². The maximum absolute atomic E-state index is 13.3. The summed E-state index contributed by atoms with van der Waals surface area (Å²) in [5.74, 6) is 0.688. The summed E-state index contributed by atoms with van der Waals surface area (Å²) in [5, 5.41) is 0. The molecule has 0 saturated heterocycles. The third kappa shape index (κ3) is 2.83. The van der Waals surface area contributed by atoms with E-state index in [4.69, 9.17) is 10.5 Å². The SMILES string of the molecule is Cc1cc(C(N)c2ccc(OC3CC3)cc2)ccc1F. The number of hydrogen-bond donors (Lipinski definition) is 1. The highest BCUT2D eigenvalue weighted by Gasteiger charge is 2.23. The van der Waals surface area contributed by atoms with Gasteiger partial charge in [-0.05, 0) is 54.7 Å². The Kier molecular flexibility index (Phi) is 3.45. The van der Waals surface area contributed by atoms with E-state index < -0.39 is 0 Å². The lowest BCUT2D eigenvalue weighted by atomic mass is 9.98. The largest absolute Gasteiger partial charge is 0.490 e. The van der Waals surface area contributed by atoms with E-state index in [2.05, 4.69) is 0 Å². The van der Waals surface area contributed by atoms with Gasteiger partial charge in [0.1, 0.15) is 11.6 Å². The molecule has 0 spiro atoms. The van der Waals surface area contributed by atoms with Gasteiger partial charge in [0.15, 0.2) is 0 Å². The van der Waals surface area contributed by atoms with E-state index in [0.29, 0.717) is 11.7 Å². The van der Waals surface area contributed by atoms with E-state index in [1.807, 2.05) is 24.3 Å². The molecule has 2 aromatic carbocycles. The first-order chi connectivity index (χ1) is 9.63. The van der Waals surface area contributed by atoms with Gasteiger partial charge in [-0.1, -0.05) is 24.3 Å². The van der Waals surface area contributed by atoms with Crippen LogP contribution in [0.3, 0.4) is 0 Å². The third-order valence-electron chi connectivity index (χ3n) is 3.61. The van der Waals surface area contributed by atoms with E-state index >= 15 is 0 Å². The molecule has 0 bridgehead atoms. The highest BCUT2D eigenvalue weighted by molar-refractivity contribution is 5.37. The Morgan fingerprint density at radius 1 is 1.10 bits per heavy atom. The molecule has 20 heavy (non-hydrogen) atoms. The van der Waals surface area contributed by atoms with Gasteiger partial charge in [0.25, 0.3) is 0 Å². The average molecular weight is 271 g/mol. The second kappa shape index (κ2) is 5.25. The first-order valence-corrected chi connectivity index (χ1v) is 6.92.